The monoisotopic (exact) mass is 597 g/mol. The van der Waals surface area contributed by atoms with Crippen LogP contribution in [0, 0.1) is 22.0 Å². The Labute approximate surface area is 211 Å². The second-order valence-electron chi connectivity index (χ2n) is 8.00. The van der Waals surface area contributed by atoms with Gasteiger partial charge in [-0.15, -0.1) is 0 Å². The summed E-state index contributed by atoms with van der Waals surface area (Å²) in [6.45, 7) is -0.0783. The van der Waals surface area contributed by atoms with Gasteiger partial charge in [0, 0.05) is 32.4 Å². The van der Waals surface area contributed by atoms with E-state index >= 15 is 0 Å². The van der Waals surface area contributed by atoms with E-state index < -0.39 is 34.5 Å². The van der Waals surface area contributed by atoms with Gasteiger partial charge in [-0.1, -0.05) is 61.7 Å². The van der Waals surface area contributed by atoms with Crippen molar-refractivity contribution in [1.29, 1.82) is 0 Å². The van der Waals surface area contributed by atoms with E-state index in [2.05, 4.69) is 31.9 Å². The summed E-state index contributed by atoms with van der Waals surface area (Å²) in [4.78, 5) is 50.8. The zero-order valence-corrected chi connectivity index (χ0v) is 21.0. The summed E-state index contributed by atoms with van der Waals surface area (Å²) in [6, 6.07) is 11.9. The number of alkyl halides is 2. The van der Waals surface area contributed by atoms with Gasteiger partial charge < -0.3 is 0 Å². The molecular formula is C22H18Br2ClN3O5. The Morgan fingerprint density at radius 2 is 1.64 bits per heavy atom. The van der Waals surface area contributed by atoms with E-state index in [0.29, 0.717) is 23.4 Å². The maximum absolute atomic E-state index is 13.5. The van der Waals surface area contributed by atoms with E-state index in [1.807, 2.05) is 0 Å². The van der Waals surface area contributed by atoms with Gasteiger partial charge in [0.1, 0.15) is 0 Å². The second-order valence-corrected chi connectivity index (χ2v) is 10.8. The third kappa shape index (κ3) is 4.69. The predicted octanol–water partition coefficient (Wildman–Crippen LogP) is 4.73. The summed E-state index contributed by atoms with van der Waals surface area (Å²) >= 11 is 13.1. The first-order valence-corrected chi connectivity index (χ1v) is 12.3. The normalized spacial score (nSPS) is 24.5. The Bertz CT molecular complexity index is 1100. The molecule has 1 aliphatic heterocycles. The zero-order valence-electron chi connectivity index (χ0n) is 17.1. The van der Waals surface area contributed by atoms with Gasteiger partial charge in [0.15, 0.2) is 0 Å². The highest BCUT2D eigenvalue weighted by Crippen LogP contribution is 2.44. The number of nitro benzene ring substituents is 1. The van der Waals surface area contributed by atoms with E-state index in [-0.39, 0.29) is 27.4 Å². The molecule has 2 aliphatic rings. The lowest BCUT2D eigenvalue weighted by Crippen LogP contribution is -2.49. The van der Waals surface area contributed by atoms with Crippen molar-refractivity contribution in [2.24, 2.45) is 11.8 Å². The lowest BCUT2D eigenvalue weighted by atomic mass is 9.81. The Balaban J connectivity index is 1.72. The van der Waals surface area contributed by atoms with Gasteiger partial charge in [-0.3, -0.25) is 24.5 Å². The largest absolute Gasteiger partial charge is 0.273 e. The maximum atomic E-state index is 13.5. The molecule has 0 radical (unpaired) electrons. The van der Waals surface area contributed by atoms with Crippen molar-refractivity contribution in [2.75, 3.05) is 0 Å². The molecule has 2 aromatic rings. The van der Waals surface area contributed by atoms with E-state index in [1.54, 1.807) is 24.3 Å². The molecule has 2 aromatic carbocycles. The molecule has 1 aliphatic carbocycles. The van der Waals surface area contributed by atoms with Crippen molar-refractivity contribution in [3.63, 3.8) is 0 Å². The molecule has 1 saturated heterocycles. The average molecular weight is 600 g/mol. The van der Waals surface area contributed by atoms with Crippen molar-refractivity contribution in [1.82, 2.24) is 10.0 Å². The van der Waals surface area contributed by atoms with Crippen LogP contribution < -0.4 is 0 Å². The Morgan fingerprint density at radius 1 is 1.06 bits per heavy atom. The van der Waals surface area contributed by atoms with Gasteiger partial charge in [-0.25, -0.2) is 5.01 Å². The lowest BCUT2D eigenvalue weighted by molar-refractivity contribution is -0.384. The van der Waals surface area contributed by atoms with Crippen LogP contribution in [0.4, 0.5) is 5.69 Å². The molecule has 0 bridgehead atoms. The van der Waals surface area contributed by atoms with Gasteiger partial charge in [-0.05, 0) is 36.6 Å². The minimum Gasteiger partial charge on any atom is -0.272 e. The van der Waals surface area contributed by atoms with Crippen molar-refractivity contribution >= 4 is 66.9 Å². The average Bonchev–Trinajstić information content (AvgIpc) is 3.02. The molecule has 0 N–H and O–H groups in total. The van der Waals surface area contributed by atoms with Crippen molar-refractivity contribution in [3.8, 4) is 0 Å². The molecule has 33 heavy (non-hydrogen) atoms. The zero-order chi connectivity index (χ0) is 23.9. The van der Waals surface area contributed by atoms with Crippen LogP contribution in [0.25, 0.3) is 0 Å². The van der Waals surface area contributed by atoms with Crippen LogP contribution in [0.3, 0.4) is 0 Å². The van der Waals surface area contributed by atoms with Crippen LogP contribution in [0.5, 0.6) is 0 Å². The molecular weight excluding hydrogens is 582 g/mol. The highest BCUT2D eigenvalue weighted by molar-refractivity contribution is 9.12. The predicted molar refractivity (Wildman–Crippen MR) is 128 cm³/mol. The molecule has 3 amide bonds. The molecule has 172 valence electrons. The molecule has 2 fully saturated rings. The van der Waals surface area contributed by atoms with Gasteiger partial charge >= 0.3 is 0 Å². The van der Waals surface area contributed by atoms with E-state index in [9.17, 15) is 24.5 Å². The number of carbonyl (C=O) groups excluding carboxylic acids is 3. The fourth-order valence-corrected chi connectivity index (χ4v) is 5.58. The molecule has 1 saturated carbocycles. The standard InChI is InChI=1S/C22H18Br2ClN3O5/c23-18-9-16-17(10-19(18)24)22(31)27(21(16)30)26(11-12-4-6-14(25)7-5-12)20(29)13-2-1-3-15(8-13)28(32)33/h1-8,16-19H,9-11H2/t16-,17+,18-,19-/m0/s1. The Kier molecular flexibility index (Phi) is 6.88. The summed E-state index contributed by atoms with van der Waals surface area (Å²) < 4.78 is 0. The fourth-order valence-electron chi connectivity index (χ4n) is 4.21. The van der Waals surface area contributed by atoms with Crippen LogP contribution in [0.1, 0.15) is 28.8 Å². The van der Waals surface area contributed by atoms with Crippen molar-refractivity contribution < 1.29 is 19.3 Å². The topological polar surface area (TPSA) is 101 Å². The number of carbonyl (C=O) groups is 3. The lowest BCUT2D eigenvalue weighted by Gasteiger charge is -2.30. The number of amides is 3. The minimum atomic E-state index is -0.681. The molecule has 8 nitrogen and oxygen atoms in total. The third-order valence-electron chi connectivity index (χ3n) is 5.91. The van der Waals surface area contributed by atoms with Crippen LogP contribution in [0.2, 0.25) is 5.02 Å². The van der Waals surface area contributed by atoms with E-state index in [0.717, 1.165) is 16.1 Å². The number of hydrogen-bond donors (Lipinski definition) is 0. The second kappa shape index (κ2) is 9.52. The number of hydrazine groups is 1. The first-order valence-electron chi connectivity index (χ1n) is 10.1. The van der Waals surface area contributed by atoms with E-state index in [1.165, 1.54) is 18.2 Å². The third-order valence-corrected chi connectivity index (χ3v) is 8.90. The summed E-state index contributed by atoms with van der Waals surface area (Å²) in [5.41, 5.74) is 0.389. The summed E-state index contributed by atoms with van der Waals surface area (Å²) in [7, 11) is 0. The van der Waals surface area contributed by atoms with E-state index in [4.69, 9.17) is 11.6 Å². The molecule has 0 unspecified atom stereocenters. The summed E-state index contributed by atoms with van der Waals surface area (Å²) in [6.07, 6.45) is 0.920. The number of nitro groups is 1. The SMILES string of the molecule is O=C(c1cccc([N+](=O)[O-])c1)N(Cc1ccc(Cl)cc1)N1C(=O)[C@H]2C[C@H](Br)[C@@H](Br)C[C@H]2C1=O. The first kappa shape index (κ1) is 23.8. The van der Waals surface area contributed by atoms with Gasteiger partial charge in [0.2, 0.25) is 0 Å². The molecule has 0 spiro atoms. The number of imide groups is 1. The van der Waals surface area contributed by atoms with Crippen LogP contribution in [-0.2, 0) is 16.1 Å². The van der Waals surface area contributed by atoms with Crippen LogP contribution >= 0.6 is 43.5 Å². The van der Waals surface area contributed by atoms with Gasteiger partial charge in [0.05, 0.1) is 23.3 Å². The summed E-state index contributed by atoms with van der Waals surface area (Å²) in [5.74, 6) is -2.65. The number of hydrogen-bond acceptors (Lipinski definition) is 5. The van der Waals surface area contributed by atoms with Crippen LogP contribution in [-0.4, -0.2) is 42.3 Å². The Morgan fingerprint density at radius 3 is 2.18 bits per heavy atom. The molecule has 0 aromatic heterocycles. The molecule has 4 rings (SSSR count). The number of halogens is 3. The first-order chi connectivity index (χ1) is 15.7. The van der Waals surface area contributed by atoms with Crippen molar-refractivity contribution in [2.45, 2.75) is 29.0 Å². The number of non-ortho nitro benzene ring substituents is 1. The number of benzene rings is 2. The van der Waals surface area contributed by atoms with Crippen molar-refractivity contribution in [3.05, 3.63) is 74.8 Å². The highest BCUT2D eigenvalue weighted by atomic mass is 79.9. The smallest absolute Gasteiger partial charge is 0.272 e. The fraction of sp³-hybridized carbons (Fsp3) is 0.318. The molecule has 1 heterocycles. The Hall–Kier alpha value is -2.30. The van der Waals surface area contributed by atoms with Gasteiger partial charge in [0.25, 0.3) is 23.4 Å². The molecule has 11 heteroatoms. The molecule has 4 atom stereocenters. The van der Waals surface area contributed by atoms with Gasteiger partial charge in [-0.2, -0.15) is 5.01 Å². The number of fused-ring (bicyclic) bond motifs is 1. The highest BCUT2D eigenvalue weighted by Gasteiger charge is 2.54. The number of nitrogens with zero attached hydrogens (tertiary/aromatic N) is 3. The minimum absolute atomic E-state index is 0.00497. The quantitative estimate of drug-likeness (QED) is 0.214. The maximum Gasteiger partial charge on any atom is 0.273 e. The summed E-state index contributed by atoms with van der Waals surface area (Å²) in [5, 5.41) is 13.7. The van der Waals surface area contributed by atoms with Crippen LogP contribution in [0.15, 0.2) is 48.5 Å². The number of rotatable bonds is 5.